The molecule has 1 aliphatic rings. The van der Waals surface area contributed by atoms with Crippen LogP contribution in [0.25, 0.3) is 38.6 Å². The van der Waals surface area contributed by atoms with Crippen LogP contribution >= 0.6 is 47.8 Å². The summed E-state index contributed by atoms with van der Waals surface area (Å²) in [4.78, 5) is 15.8. The van der Waals surface area contributed by atoms with Crippen molar-refractivity contribution in [3.8, 4) is 16.6 Å². The number of halogens is 3. The van der Waals surface area contributed by atoms with Crippen LogP contribution in [0.3, 0.4) is 0 Å². The Morgan fingerprint density at radius 3 is 2.64 bits per heavy atom. The number of fused-ring (bicyclic) bond motifs is 2. The van der Waals surface area contributed by atoms with Gasteiger partial charge in [0.2, 0.25) is 0 Å². The molecule has 5 aromatic rings. The fourth-order valence-electron chi connectivity index (χ4n) is 4.99. The van der Waals surface area contributed by atoms with Crippen molar-refractivity contribution in [1.82, 2.24) is 24.4 Å². The molecule has 5 nitrogen and oxygen atoms in total. The molecule has 1 fully saturated rings. The van der Waals surface area contributed by atoms with Crippen molar-refractivity contribution >= 4 is 69.7 Å². The Morgan fingerprint density at radius 1 is 1.06 bits per heavy atom. The first-order valence-electron chi connectivity index (χ1n) is 12.0. The predicted octanol–water partition coefficient (Wildman–Crippen LogP) is 7.92. The highest BCUT2D eigenvalue weighted by molar-refractivity contribution is 7.12. The number of thiazole rings is 1. The van der Waals surface area contributed by atoms with E-state index in [9.17, 15) is 0 Å². The van der Waals surface area contributed by atoms with Gasteiger partial charge in [0, 0.05) is 28.5 Å². The molecule has 4 heterocycles. The van der Waals surface area contributed by atoms with Gasteiger partial charge < -0.3 is 4.98 Å². The summed E-state index contributed by atoms with van der Waals surface area (Å²) < 4.78 is 2.17. The Morgan fingerprint density at radius 2 is 1.86 bits per heavy atom. The Kier molecular flexibility index (Phi) is 8.32. The fraction of sp³-hybridized carbons (Fsp3) is 0.333. The normalized spacial score (nSPS) is 14.0. The maximum absolute atomic E-state index is 6.36. The Bertz CT molecular complexity index is 1480. The molecule has 0 saturated carbocycles. The molecule has 0 radical (unpaired) electrons. The van der Waals surface area contributed by atoms with Gasteiger partial charge in [0.1, 0.15) is 5.69 Å². The highest BCUT2D eigenvalue weighted by Gasteiger charge is 2.17. The molecular weight excluding hydrogens is 533 g/mol. The maximum atomic E-state index is 6.36. The molecule has 0 atom stereocenters. The summed E-state index contributed by atoms with van der Waals surface area (Å²) in [7, 11) is 0. The lowest BCUT2D eigenvalue weighted by Crippen LogP contribution is -2.18. The lowest BCUT2D eigenvalue weighted by Gasteiger charge is -2.14. The van der Waals surface area contributed by atoms with E-state index in [0.29, 0.717) is 5.92 Å². The van der Waals surface area contributed by atoms with Gasteiger partial charge in [0.05, 0.1) is 16.6 Å². The molecule has 1 saturated heterocycles. The molecule has 190 valence electrons. The van der Waals surface area contributed by atoms with Crippen LogP contribution in [0.4, 0.5) is 0 Å². The SMILES string of the molecule is CC(C)Cc1cn(-c2nc(-c3nc4ccc(CN5CCCC5)cc4[nH]3)cs2)c2cc(Cl)ccc12.Cl.Cl. The molecule has 1 aliphatic heterocycles. The molecule has 1 N–H and O–H groups in total. The van der Waals surface area contributed by atoms with Crippen molar-refractivity contribution in [2.75, 3.05) is 13.1 Å². The van der Waals surface area contributed by atoms with Gasteiger partial charge in [-0.15, -0.1) is 36.2 Å². The van der Waals surface area contributed by atoms with Crippen LogP contribution in [0, 0.1) is 5.92 Å². The first-order valence-corrected chi connectivity index (χ1v) is 13.3. The monoisotopic (exact) mass is 561 g/mol. The number of imidazole rings is 1. The van der Waals surface area contributed by atoms with Crippen molar-refractivity contribution in [1.29, 1.82) is 0 Å². The van der Waals surface area contributed by atoms with Crippen LogP contribution in [-0.4, -0.2) is 37.5 Å². The second-order valence-corrected chi connectivity index (χ2v) is 11.0. The minimum atomic E-state index is 0. The van der Waals surface area contributed by atoms with Gasteiger partial charge in [-0.2, -0.15) is 0 Å². The van der Waals surface area contributed by atoms with Crippen LogP contribution in [0.5, 0.6) is 0 Å². The molecule has 9 heteroatoms. The second-order valence-electron chi connectivity index (χ2n) is 9.72. The van der Waals surface area contributed by atoms with E-state index < -0.39 is 0 Å². The average molecular weight is 563 g/mol. The summed E-state index contributed by atoms with van der Waals surface area (Å²) in [5.41, 5.74) is 6.67. The lowest BCUT2D eigenvalue weighted by molar-refractivity contribution is 0.331. The molecule has 36 heavy (non-hydrogen) atoms. The number of benzene rings is 2. The van der Waals surface area contributed by atoms with Crippen molar-refractivity contribution in [2.45, 2.75) is 39.7 Å². The molecule has 2 aromatic carbocycles. The van der Waals surface area contributed by atoms with Gasteiger partial charge >= 0.3 is 0 Å². The number of H-pyrrole nitrogens is 1. The number of nitrogens with zero attached hydrogens (tertiary/aromatic N) is 4. The number of nitrogens with one attached hydrogen (secondary N) is 1. The van der Waals surface area contributed by atoms with Gasteiger partial charge in [-0.05, 0) is 73.7 Å². The summed E-state index contributed by atoms with van der Waals surface area (Å²) in [5, 5.41) is 4.98. The van der Waals surface area contributed by atoms with Gasteiger partial charge in [0.15, 0.2) is 11.0 Å². The van der Waals surface area contributed by atoms with Crippen LogP contribution in [0.15, 0.2) is 48.0 Å². The van der Waals surface area contributed by atoms with Gasteiger partial charge in [0.25, 0.3) is 0 Å². The second kappa shape index (κ2) is 11.1. The highest BCUT2D eigenvalue weighted by atomic mass is 35.5. The summed E-state index contributed by atoms with van der Waals surface area (Å²) in [6, 6.07) is 12.7. The molecule has 0 spiro atoms. The van der Waals surface area contributed by atoms with Crippen molar-refractivity contribution < 1.29 is 0 Å². The first kappa shape index (κ1) is 27.0. The summed E-state index contributed by atoms with van der Waals surface area (Å²) in [5.74, 6) is 1.39. The largest absolute Gasteiger partial charge is 0.337 e. The van der Waals surface area contributed by atoms with Gasteiger partial charge in [-0.1, -0.05) is 37.6 Å². The fourth-order valence-corrected chi connectivity index (χ4v) is 5.95. The Balaban J connectivity index is 0.00000152. The molecule has 0 aliphatic carbocycles. The van der Waals surface area contributed by atoms with Crippen molar-refractivity contribution in [2.24, 2.45) is 5.92 Å². The van der Waals surface area contributed by atoms with Crippen molar-refractivity contribution in [3.05, 3.63) is 64.1 Å². The van der Waals surface area contributed by atoms with E-state index in [-0.39, 0.29) is 24.8 Å². The summed E-state index contributed by atoms with van der Waals surface area (Å²) >= 11 is 7.98. The standard InChI is InChI=1S/C27H28ClN5S.2ClH/c1-17(2)11-19-15-33(25-13-20(28)6-7-21(19)25)27-31-24(16-34-27)26-29-22-8-5-18(12-23(22)30-26)14-32-9-3-4-10-32;;/h5-8,12-13,15-17H,3-4,9-11,14H2,1-2H3,(H,29,30);2*1H. The summed E-state index contributed by atoms with van der Waals surface area (Å²) in [6.07, 6.45) is 5.86. The average Bonchev–Trinajstić information content (AvgIpc) is 3.59. The first-order chi connectivity index (χ1) is 16.5. The topological polar surface area (TPSA) is 49.7 Å². The zero-order chi connectivity index (χ0) is 23.2. The number of aromatic nitrogens is 4. The predicted molar refractivity (Wildman–Crippen MR) is 157 cm³/mol. The molecule has 6 rings (SSSR count). The zero-order valence-corrected chi connectivity index (χ0v) is 23.5. The van der Waals surface area contributed by atoms with Crippen LogP contribution in [-0.2, 0) is 13.0 Å². The van der Waals surface area contributed by atoms with Gasteiger partial charge in [-0.25, -0.2) is 9.97 Å². The minimum Gasteiger partial charge on any atom is -0.337 e. The Labute approximate surface area is 232 Å². The van der Waals surface area contributed by atoms with E-state index in [1.54, 1.807) is 11.3 Å². The minimum absolute atomic E-state index is 0. The third-order valence-corrected chi connectivity index (χ3v) is 7.65. The van der Waals surface area contributed by atoms with E-state index >= 15 is 0 Å². The van der Waals surface area contributed by atoms with E-state index in [0.717, 1.165) is 51.2 Å². The van der Waals surface area contributed by atoms with E-state index in [4.69, 9.17) is 21.6 Å². The van der Waals surface area contributed by atoms with E-state index in [1.165, 1.54) is 42.4 Å². The maximum Gasteiger partial charge on any atom is 0.194 e. The van der Waals surface area contributed by atoms with Crippen LogP contribution < -0.4 is 0 Å². The molecule has 0 unspecified atom stereocenters. The van der Waals surface area contributed by atoms with Crippen LogP contribution in [0.2, 0.25) is 5.02 Å². The van der Waals surface area contributed by atoms with Crippen LogP contribution in [0.1, 0.15) is 37.8 Å². The van der Waals surface area contributed by atoms with E-state index in [1.807, 2.05) is 12.1 Å². The third-order valence-electron chi connectivity index (χ3n) is 6.57. The smallest absolute Gasteiger partial charge is 0.194 e. The third kappa shape index (κ3) is 5.29. The molecule has 3 aromatic heterocycles. The molecule has 0 bridgehead atoms. The van der Waals surface area contributed by atoms with E-state index in [2.05, 4.69) is 64.1 Å². The zero-order valence-electron chi connectivity index (χ0n) is 20.3. The number of hydrogen-bond acceptors (Lipinski definition) is 4. The Hall–Kier alpha value is -2.09. The number of aromatic amines is 1. The number of likely N-dealkylation sites (tertiary alicyclic amines) is 1. The number of rotatable bonds is 6. The number of hydrogen-bond donors (Lipinski definition) is 1. The van der Waals surface area contributed by atoms with Crippen molar-refractivity contribution in [3.63, 3.8) is 0 Å². The van der Waals surface area contributed by atoms with Gasteiger partial charge in [-0.3, -0.25) is 9.47 Å². The molecule has 0 amide bonds. The lowest BCUT2D eigenvalue weighted by atomic mass is 10.0. The quantitative estimate of drug-likeness (QED) is 0.229. The highest BCUT2D eigenvalue weighted by Crippen LogP contribution is 2.32. The summed E-state index contributed by atoms with van der Waals surface area (Å²) in [6.45, 7) is 7.91. The molecular formula is C27H30Cl3N5S.